The topological polar surface area (TPSA) is 66.9 Å². The molecule has 0 saturated heterocycles. The van der Waals surface area contributed by atoms with Gasteiger partial charge < -0.3 is 10.6 Å². The van der Waals surface area contributed by atoms with Crippen molar-refractivity contribution in [2.45, 2.75) is 19.4 Å². The number of aromatic nitrogens is 2. The molecule has 0 aliphatic heterocycles. The largest absolute Gasteiger partial charge is 0.371 e. The Labute approximate surface area is 120 Å². The zero-order valence-corrected chi connectivity index (χ0v) is 12.2. The number of nitrogens with one attached hydrogen (secondary N) is 2. The van der Waals surface area contributed by atoms with E-state index in [4.69, 9.17) is 0 Å². The first-order valence-electron chi connectivity index (χ1n) is 6.00. The lowest BCUT2D eigenvalue weighted by atomic mass is 10.1. The van der Waals surface area contributed by atoms with Gasteiger partial charge in [-0.2, -0.15) is 0 Å². The van der Waals surface area contributed by atoms with Crippen LogP contribution in [-0.2, 0) is 5.54 Å². The van der Waals surface area contributed by atoms with Gasteiger partial charge in [-0.1, -0.05) is 0 Å². The van der Waals surface area contributed by atoms with E-state index in [2.05, 4.69) is 20.6 Å². The Hall–Kier alpha value is -2.02. The summed E-state index contributed by atoms with van der Waals surface area (Å²) in [6.45, 7) is 3.64. The number of rotatable bonds is 4. The van der Waals surface area contributed by atoms with Crippen LogP contribution in [0.2, 0.25) is 0 Å². The number of carbonyl (C=O) groups is 1. The number of nitrogens with zero attached hydrogens (tertiary/aromatic N) is 2. The minimum atomic E-state index is -0.666. The van der Waals surface area contributed by atoms with E-state index in [1.54, 1.807) is 13.2 Å². The highest BCUT2D eigenvalue weighted by Crippen LogP contribution is 2.23. The summed E-state index contributed by atoms with van der Waals surface area (Å²) in [5.74, 6) is -1.12. The molecule has 2 N–H and O–H groups in total. The van der Waals surface area contributed by atoms with Gasteiger partial charge >= 0.3 is 0 Å². The molecule has 0 radical (unpaired) electrons. The van der Waals surface area contributed by atoms with E-state index in [1.807, 2.05) is 19.2 Å². The molecule has 0 atom stereocenters. The first kappa shape index (κ1) is 14.4. The third-order valence-corrected chi connectivity index (χ3v) is 3.86. The molecule has 2 aromatic heterocycles. The minimum Gasteiger partial charge on any atom is -0.371 e. The molecule has 2 rings (SSSR count). The highest BCUT2D eigenvalue weighted by atomic mass is 32.1. The van der Waals surface area contributed by atoms with Crippen LogP contribution >= 0.6 is 11.3 Å². The molecule has 1 amide bonds. The lowest BCUT2D eigenvalue weighted by molar-refractivity contribution is 0.0907. The summed E-state index contributed by atoms with van der Waals surface area (Å²) < 4.78 is 14.0. The third kappa shape index (κ3) is 2.77. The summed E-state index contributed by atoms with van der Waals surface area (Å²) >= 11 is 1.43. The van der Waals surface area contributed by atoms with Gasteiger partial charge in [-0.15, -0.1) is 11.3 Å². The fourth-order valence-electron chi connectivity index (χ4n) is 1.73. The van der Waals surface area contributed by atoms with Crippen molar-refractivity contribution in [3.63, 3.8) is 0 Å². The molecule has 0 aliphatic carbocycles. The summed E-state index contributed by atoms with van der Waals surface area (Å²) in [5.41, 5.74) is -0.713. The standard InChI is InChI=1S/C13H15FN4OS/c1-13(2,12-17-6-7-20-12)18-11(19)8-4-5-16-10(15-3)9(8)14/h4-7H,1-3H3,(H,15,16)(H,18,19). The SMILES string of the molecule is CNc1nccc(C(=O)NC(C)(C)c2nccs2)c1F. The third-order valence-electron chi connectivity index (χ3n) is 2.76. The summed E-state index contributed by atoms with van der Waals surface area (Å²) in [7, 11) is 1.55. The summed E-state index contributed by atoms with van der Waals surface area (Å²) in [6.07, 6.45) is 3.06. The van der Waals surface area contributed by atoms with Gasteiger partial charge in [0.25, 0.3) is 5.91 Å². The molecule has 7 heteroatoms. The van der Waals surface area contributed by atoms with Crippen LogP contribution in [0.25, 0.3) is 0 Å². The van der Waals surface area contributed by atoms with Crippen molar-refractivity contribution in [1.29, 1.82) is 0 Å². The maximum absolute atomic E-state index is 14.0. The van der Waals surface area contributed by atoms with E-state index < -0.39 is 17.3 Å². The van der Waals surface area contributed by atoms with Gasteiger partial charge in [0.1, 0.15) is 5.01 Å². The number of amides is 1. The van der Waals surface area contributed by atoms with Crippen LogP contribution in [0.5, 0.6) is 0 Å². The average molecular weight is 294 g/mol. The normalized spacial score (nSPS) is 11.2. The van der Waals surface area contributed by atoms with Gasteiger partial charge in [-0.05, 0) is 19.9 Å². The van der Waals surface area contributed by atoms with Crippen molar-refractivity contribution < 1.29 is 9.18 Å². The highest BCUT2D eigenvalue weighted by Gasteiger charge is 2.27. The molecule has 0 bridgehead atoms. The van der Waals surface area contributed by atoms with Crippen LogP contribution in [0, 0.1) is 5.82 Å². The highest BCUT2D eigenvalue weighted by molar-refractivity contribution is 7.09. The quantitative estimate of drug-likeness (QED) is 0.908. The molecule has 0 spiro atoms. The van der Waals surface area contributed by atoms with Crippen LogP contribution in [0.1, 0.15) is 29.2 Å². The zero-order valence-electron chi connectivity index (χ0n) is 11.4. The second kappa shape index (κ2) is 5.54. The van der Waals surface area contributed by atoms with Gasteiger partial charge in [-0.25, -0.2) is 14.4 Å². The molecule has 0 unspecified atom stereocenters. The monoisotopic (exact) mass is 294 g/mol. The lowest BCUT2D eigenvalue weighted by Crippen LogP contribution is -2.41. The summed E-state index contributed by atoms with van der Waals surface area (Å²) in [4.78, 5) is 20.2. The Morgan fingerprint density at radius 3 is 2.70 bits per heavy atom. The van der Waals surface area contributed by atoms with Crippen LogP contribution < -0.4 is 10.6 Å². The second-order valence-electron chi connectivity index (χ2n) is 4.69. The molecule has 0 fully saturated rings. The van der Waals surface area contributed by atoms with Crippen LogP contribution in [0.4, 0.5) is 10.2 Å². The Morgan fingerprint density at radius 2 is 2.10 bits per heavy atom. The summed E-state index contributed by atoms with van der Waals surface area (Å²) in [5, 5.41) is 7.97. The van der Waals surface area contributed by atoms with Crippen molar-refractivity contribution in [2.24, 2.45) is 0 Å². The number of hydrogen-bond acceptors (Lipinski definition) is 5. The van der Waals surface area contributed by atoms with Gasteiger partial charge in [0.05, 0.1) is 11.1 Å². The first-order valence-corrected chi connectivity index (χ1v) is 6.88. The predicted molar refractivity (Wildman–Crippen MR) is 76.3 cm³/mol. The molecule has 2 heterocycles. The Balaban J connectivity index is 2.25. The van der Waals surface area contributed by atoms with E-state index in [0.29, 0.717) is 0 Å². The minimum absolute atomic E-state index is 0.0460. The van der Waals surface area contributed by atoms with Crippen LogP contribution in [0.15, 0.2) is 23.8 Å². The number of carbonyl (C=O) groups excluding carboxylic acids is 1. The fraction of sp³-hybridized carbons (Fsp3) is 0.308. The molecular weight excluding hydrogens is 279 g/mol. The van der Waals surface area contributed by atoms with Crippen LogP contribution in [0.3, 0.4) is 0 Å². The molecule has 20 heavy (non-hydrogen) atoms. The lowest BCUT2D eigenvalue weighted by Gasteiger charge is -2.24. The van der Waals surface area contributed by atoms with E-state index >= 15 is 0 Å². The number of pyridine rings is 1. The van der Waals surface area contributed by atoms with Crippen molar-refractivity contribution in [2.75, 3.05) is 12.4 Å². The van der Waals surface area contributed by atoms with E-state index in [9.17, 15) is 9.18 Å². The number of anilines is 1. The molecule has 106 valence electrons. The Bertz CT molecular complexity index is 613. The Morgan fingerprint density at radius 1 is 1.35 bits per heavy atom. The zero-order chi connectivity index (χ0) is 14.8. The fourth-order valence-corrected chi connectivity index (χ4v) is 2.45. The van der Waals surface area contributed by atoms with Crippen molar-refractivity contribution >= 4 is 23.1 Å². The molecular formula is C13H15FN4OS. The molecule has 0 aliphatic rings. The maximum atomic E-state index is 14.0. The van der Waals surface area contributed by atoms with Crippen LogP contribution in [-0.4, -0.2) is 22.9 Å². The number of thiazole rings is 1. The molecule has 5 nitrogen and oxygen atoms in total. The molecule has 2 aromatic rings. The number of halogens is 1. The molecule has 0 aromatic carbocycles. The van der Waals surface area contributed by atoms with Gasteiger partial charge in [0, 0.05) is 24.8 Å². The smallest absolute Gasteiger partial charge is 0.255 e. The van der Waals surface area contributed by atoms with Crippen molar-refractivity contribution in [3.05, 3.63) is 40.2 Å². The summed E-state index contributed by atoms with van der Waals surface area (Å²) in [6, 6.07) is 1.35. The first-order chi connectivity index (χ1) is 9.45. The maximum Gasteiger partial charge on any atom is 0.255 e. The second-order valence-corrected chi connectivity index (χ2v) is 5.58. The van der Waals surface area contributed by atoms with E-state index in [0.717, 1.165) is 5.01 Å². The average Bonchev–Trinajstić information content (AvgIpc) is 2.93. The van der Waals surface area contributed by atoms with Gasteiger partial charge in [-0.3, -0.25) is 4.79 Å². The van der Waals surface area contributed by atoms with Gasteiger partial charge in [0.2, 0.25) is 0 Å². The number of hydrogen-bond donors (Lipinski definition) is 2. The van der Waals surface area contributed by atoms with Crippen molar-refractivity contribution in [1.82, 2.24) is 15.3 Å². The predicted octanol–water partition coefficient (Wildman–Crippen LogP) is 2.38. The van der Waals surface area contributed by atoms with E-state index in [-0.39, 0.29) is 11.4 Å². The Kier molecular flexibility index (Phi) is 3.99. The van der Waals surface area contributed by atoms with Crippen molar-refractivity contribution in [3.8, 4) is 0 Å². The van der Waals surface area contributed by atoms with E-state index in [1.165, 1.54) is 23.6 Å². The molecule has 0 saturated carbocycles. The van der Waals surface area contributed by atoms with Gasteiger partial charge in [0.15, 0.2) is 11.6 Å².